The number of rotatable bonds is 6. The molecule has 1 aromatic heterocycles. The van der Waals surface area contributed by atoms with Gasteiger partial charge in [0.25, 0.3) is 5.91 Å². The molecule has 0 fully saturated rings. The summed E-state index contributed by atoms with van der Waals surface area (Å²) in [7, 11) is 1.63. The number of carbonyl (C=O) groups is 1. The number of hydrogen-bond acceptors (Lipinski definition) is 4. The van der Waals surface area contributed by atoms with Gasteiger partial charge in [-0.2, -0.15) is 10.4 Å². The first-order valence-electron chi connectivity index (χ1n) is 6.51. The van der Waals surface area contributed by atoms with Crippen LogP contribution in [0.4, 0.5) is 5.69 Å². The van der Waals surface area contributed by atoms with Gasteiger partial charge in [0, 0.05) is 18.9 Å². The van der Waals surface area contributed by atoms with Crippen molar-refractivity contribution >= 4 is 11.6 Å². The zero-order valence-electron chi connectivity index (χ0n) is 11.7. The summed E-state index contributed by atoms with van der Waals surface area (Å²) in [6.07, 6.45) is 3.62. The highest BCUT2D eigenvalue weighted by molar-refractivity contribution is 6.04. The first kappa shape index (κ1) is 14.8. The minimum Gasteiger partial charge on any atom is -0.383 e. The number of nitrogens with zero attached hydrogens (tertiary/aromatic N) is 3. The molecule has 0 saturated carbocycles. The zero-order valence-corrected chi connectivity index (χ0v) is 11.7. The van der Waals surface area contributed by atoms with Crippen molar-refractivity contribution < 1.29 is 9.53 Å². The normalized spacial score (nSPS) is 10.1. The molecule has 2 rings (SSSR count). The number of benzene rings is 1. The molecule has 1 amide bonds. The van der Waals surface area contributed by atoms with Crippen LogP contribution in [0, 0.1) is 11.3 Å². The molecule has 0 bridgehead atoms. The van der Waals surface area contributed by atoms with Gasteiger partial charge in [-0.05, 0) is 17.7 Å². The van der Waals surface area contributed by atoms with Gasteiger partial charge in [0.2, 0.25) is 0 Å². The van der Waals surface area contributed by atoms with Crippen LogP contribution in [0.25, 0.3) is 0 Å². The molecule has 2 aromatic rings. The summed E-state index contributed by atoms with van der Waals surface area (Å²) < 4.78 is 6.67. The average Bonchev–Trinajstić information content (AvgIpc) is 2.93. The molecule has 0 aliphatic rings. The van der Waals surface area contributed by atoms with Gasteiger partial charge in [0.1, 0.15) is 0 Å². The summed E-state index contributed by atoms with van der Waals surface area (Å²) in [4.78, 5) is 12.1. The van der Waals surface area contributed by atoms with E-state index in [4.69, 9.17) is 10.00 Å². The Kier molecular flexibility index (Phi) is 5.07. The SMILES string of the molecule is COCCn1cc(NC(=O)c2cccc(CC#N)c2)cn1. The van der Waals surface area contributed by atoms with Gasteiger partial charge in [-0.3, -0.25) is 9.48 Å². The fourth-order valence-electron chi connectivity index (χ4n) is 1.85. The lowest BCUT2D eigenvalue weighted by Crippen LogP contribution is -2.11. The van der Waals surface area contributed by atoms with Crippen molar-refractivity contribution in [3.63, 3.8) is 0 Å². The molecular weight excluding hydrogens is 268 g/mol. The van der Waals surface area contributed by atoms with Crippen molar-refractivity contribution in [1.29, 1.82) is 5.26 Å². The summed E-state index contributed by atoms with van der Waals surface area (Å²) >= 11 is 0. The molecule has 1 N–H and O–H groups in total. The predicted octanol–water partition coefficient (Wildman–Crippen LogP) is 1.85. The van der Waals surface area contributed by atoms with Gasteiger partial charge in [0.15, 0.2) is 0 Å². The van der Waals surface area contributed by atoms with Crippen molar-refractivity contribution in [2.24, 2.45) is 0 Å². The number of ether oxygens (including phenoxy) is 1. The topological polar surface area (TPSA) is 79.9 Å². The highest BCUT2D eigenvalue weighted by Crippen LogP contribution is 2.10. The first-order chi connectivity index (χ1) is 10.2. The number of anilines is 1. The number of carbonyl (C=O) groups excluding carboxylic acids is 1. The second-order valence-corrected chi connectivity index (χ2v) is 4.47. The average molecular weight is 284 g/mol. The van der Waals surface area contributed by atoms with Crippen LogP contribution in [0.5, 0.6) is 0 Å². The highest BCUT2D eigenvalue weighted by atomic mass is 16.5. The molecule has 6 heteroatoms. The van der Waals surface area contributed by atoms with Crippen molar-refractivity contribution in [1.82, 2.24) is 9.78 Å². The van der Waals surface area contributed by atoms with Crippen LogP contribution < -0.4 is 5.32 Å². The van der Waals surface area contributed by atoms with Crippen molar-refractivity contribution in [3.05, 3.63) is 47.8 Å². The van der Waals surface area contributed by atoms with Crippen LogP contribution in [-0.4, -0.2) is 29.4 Å². The van der Waals surface area contributed by atoms with E-state index in [2.05, 4.69) is 16.5 Å². The van der Waals surface area contributed by atoms with Gasteiger partial charge in [-0.25, -0.2) is 0 Å². The van der Waals surface area contributed by atoms with Crippen LogP contribution in [0.3, 0.4) is 0 Å². The Balaban J connectivity index is 2.02. The Morgan fingerprint density at radius 2 is 2.38 bits per heavy atom. The number of methoxy groups -OCH3 is 1. The van der Waals surface area contributed by atoms with E-state index in [1.165, 1.54) is 0 Å². The van der Waals surface area contributed by atoms with Gasteiger partial charge in [-0.1, -0.05) is 12.1 Å². The molecule has 0 spiro atoms. The largest absolute Gasteiger partial charge is 0.383 e. The third-order valence-electron chi connectivity index (χ3n) is 2.89. The van der Waals surface area contributed by atoms with Crippen LogP contribution in [0.15, 0.2) is 36.7 Å². The van der Waals surface area contributed by atoms with E-state index in [9.17, 15) is 4.79 Å². The molecule has 0 atom stereocenters. The van der Waals surface area contributed by atoms with E-state index < -0.39 is 0 Å². The van der Waals surface area contributed by atoms with Gasteiger partial charge >= 0.3 is 0 Å². The maximum absolute atomic E-state index is 12.1. The van der Waals surface area contributed by atoms with E-state index in [1.807, 2.05) is 6.07 Å². The number of nitriles is 1. The molecule has 0 radical (unpaired) electrons. The molecule has 0 aliphatic carbocycles. The lowest BCUT2D eigenvalue weighted by atomic mass is 10.1. The standard InChI is InChI=1S/C15H16N4O2/c1-21-8-7-19-11-14(10-17-19)18-15(20)13-4-2-3-12(9-13)5-6-16/h2-4,9-11H,5,7-8H2,1H3,(H,18,20). The molecule has 0 unspecified atom stereocenters. The number of nitrogens with one attached hydrogen (secondary N) is 1. The minimum absolute atomic E-state index is 0.221. The molecule has 21 heavy (non-hydrogen) atoms. The summed E-state index contributed by atoms with van der Waals surface area (Å²) in [6.45, 7) is 1.19. The molecule has 6 nitrogen and oxygen atoms in total. The summed E-state index contributed by atoms with van der Waals surface area (Å²) in [5.41, 5.74) is 1.97. The molecule has 1 heterocycles. The molecule has 1 aromatic carbocycles. The van der Waals surface area contributed by atoms with Crippen LogP contribution in [-0.2, 0) is 17.7 Å². The van der Waals surface area contributed by atoms with Crippen molar-refractivity contribution in [2.75, 3.05) is 19.0 Å². The zero-order chi connectivity index (χ0) is 15.1. The number of aromatic nitrogens is 2. The summed E-state index contributed by atoms with van der Waals surface area (Å²) in [5, 5.41) is 15.6. The molecule has 0 aliphatic heterocycles. The molecule has 108 valence electrons. The van der Waals surface area contributed by atoms with Gasteiger partial charge in [0.05, 0.1) is 37.5 Å². The third-order valence-corrected chi connectivity index (χ3v) is 2.89. The molecule has 0 saturated heterocycles. The van der Waals surface area contributed by atoms with E-state index in [1.54, 1.807) is 42.4 Å². The Labute approximate surface area is 123 Å². The van der Waals surface area contributed by atoms with Crippen LogP contribution in [0.1, 0.15) is 15.9 Å². The van der Waals surface area contributed by atoms with E-state index in [0.717, 1.165) is 5.56 Å². The van der Waals surface area contributed by atoms with Crippen molar-refractivity contribution in [3.8, 4) is 6.07 Å². The van der Waals surface area contributed by atoms with Crippen molar-refractivity contribution in [2.45, 2.75) is 13.0 Å². The number of hydrogen-bond donors (Lipinski definition) is 1. The van der Waals surface area contributed by atoms with Crippen LogP contribution in [0.2, 0.25) is 0 Å². The molecular formula is C15H16N4O2. The maximum Gasteiger partial charge on any atom is 0.255 e. The predicted molar refractivity (Wildman–Crippen MR) is 77.8 cm³/mol. The monoisotopic (exact) mass is 284 g/mol. The summed E-state index contributed by atoms with van der Waals surface area (Å²) in [5.74, 6) is -0.221. The highest BCUT2D eigenvalue weighted by Gasteiger charge is 2.08. The van der Waals surface area contributed by atoms with Gasteiger partial charge < -0.3 is 10.1 Å². The fourth-order valence-corrected chi connectivity index (χ4v) is 1.85. The quantitative estimate of drug-likeness (QED) is 0.877. The Bertz CT molecular complexity index is 658. The summed E-state index contributed by atoms with van der Waals surface area (Å²) in [6, 6.07) is 9.09. The maximum atomic E-state index is 12.1. The lowest BCUT2D eigenvalue weighted by molar-refractivity contribution is 0.102. The lowest BCUT2D eigenvalue weighted by Gasteiger charge is -2.04. The van der Waals surface area contributed by atoms with E-state index >= 15 is 0 Å². The second-order valence-electron chi connectivity index (χ2n) is 4.47. The Morgan fingerprint density at radius 1 is 1.52 bits per heavy atom. The smallest absolute Gasteiger partial charge is 0.255 e. The second kappa shape index (κ2) is 7.22. The number of amides is 1. The van der Waals surface area contributed by atoms with E-state index in [-0.39, 0.29) is 12.3 Å². The van der Waals surface area contributed by atoms with Gasteiger partial charge in [-0.15, -0.1) is 0 Å². The Hall–Kier alpha value is -2.65. The minimum atomic E-state index is -0.221. The third kappa shape index (κ3) is 4.16. The van der Waals surface area contributed by atoms with E-state index in [0.29, 0.717) is 24.4 Å². The Morgan fingerprint density at radius 3 is 3.14 bits per heavy atom. The first-order valence-corrected chi connectivity index (χ1v) is 6.51. The van der Waals surface area contributed by atoms with Crippen LogP contribution >= 0.6 is 0 Å². The fraction of sp³-hybridized carbons (Fsp3) is 0.267.